The number of hydrogen-bond acceptors (Lipinski definition) is 4. The van der Waals surface area contributed by atoms with Crippen LogP contribution in [-0.2, 0) is 19.1 Å². The molecule has 0 spiro atoms. The number of aromatic amines is 1. The van der Waals surface area contributed by atoms with Crippen LogP contribution in [0.2, 0.25) is 0 Å². The monoisotopic (exact) mass is 371 g/mol. The van der Waals surface area contributed by atoms with E-state index in [0.29, 0.717) is 29.4 Å². The molecule has 0 saturated heterocycles. The van der Waals surface area contributed by atoms with Gasteiger partial charge in [-0.3, -0.25) is 4.68 Å². The minimum atomic E-state index is -4.59. The molecule has 0 amide bonds. The summed E-state index contributed by atoms with van der Waals surface area (Å²) < 4.78 is 44.1. The van der Waals surface area contributed by atoms with Crippen molar-refractivity contribution in [1.29, 1.82) is 5.26 Å². The first kappa shape index (κ1) is 15.9. The number of imidazole rings is 1. The van der Waals surface area contributed by atoms with Crippen LogP contribution in [-0.4, -0.2) is 29.3 Å². The van der Waals surface area contributed by atoms with Gasteiger partial charge in [0.2, 0.25) is 5.82 Å². The summed E-state index contributed by atoms with van der Waals surface area (Å²) in [6.07, 6.45) is -0.551. The number of fused-ring (bicyclic) bond motifs is 4. The fraction of sp³-hybridized carbons (Fsp3) is 0.294. The second kappa shape index (κ2) is 5.33. The second-order valence-corrected chi connectivity index (χ2v) is 6.54. The molecule has 0 bridgehead atoms. The molecule has 1 N–H and O–H groups in total. The highest BCUT2D eigenvalue weighted by Crippen LogP contribution is 2.38. The van der Waals surface area contributed by atoms with Crippen molar-refractivity contribution in [2.45, 2.75) is 31.6 Å². The molecule has 0 radical (unpaired) electrons. The number of nitrogens with one attached hydrogen (secondary N) is 1. The number of hydrogen-bond donors (Lipinski definition) is 1. The summed E-state index contributed by atoms with van der Waals surface area (Å²) >= 11 is 0. The molecule has 5 rings (SSSR count). The highest BCUT2D eigenvalue weighted by molar-refractivity contribution is 6.01. The van der Waals surface area contributed by atoms with E-state index in [4.69, 9.17) is 5.26 Å². The van der Waals surface area contributed by atoms with E-state index in [1.165, 1.54) is 10.8 Å². The Kier molecular flexibility index (Phi) is 3.13. The van der Waals surface area contributed by atoms with Crippen LogP contribution in [0.15, 0.2) is 24.5 Å². The van der Waals surface area contributed by atoms with Gasteiger partial charge in [-0.25, -0.2) is 9.97 Å². The molecule has 1 atom stereocenters. The Hall–Kier alpha value is -3.35. The fourth-order valence-corrected chi connectivity index (χ4v) is 3.83. The Morgan fingerprint density at radius 1 is 1.33 bits per heavy atom. The molecule has 1 aliphatic heterocycles. The van der Waals surface area contributed by atoms with Gasteiger partial charge >= 0.3 is 6.18 Å². The van der Waals surface area contributed by atoms with E-state index in [9.17, 15) is 13.2 Å². The first-order valence-electron chi connectivity index (χ1n) is 8.34. The Labute approximate surface area is 150 Å². The van der Waals surface area contributed by atoms with Gasteiger partial charge < -0.3 is 9.55 Å². The number of halogens is 3. The van der Waals surface area contributed by atoms with Crippen LogP contribution in [0, 0.1) is 11.3 Å². The lowest BCUT2D eigenvalue weighted by Crippen LogP contribution is -2.27. The average molecular weight is 371 g/mol. The third-order valence-electron chi connectivity index (χ3n) is 4.95. The summed E-state index contributed by atoms with van der Waals surface area (Å²) in [7, 11) is 0. The van der Waals surface area contributed by atoms with E-state index in [2.05, 4.69) is 20.1 Å². The number of rotatable bonds is 1. The number of H-pyrrole nitrogens is 1. The van der Waals surface area contributed by atoms with E-state index in [-0.39, 0.29) is 17.8 Å². The lowest BCUT2D eigenvalue weighted by Gasteiger charge is -2.27. The first-order chi connectivity index (χ1) is 13.0. The highest BCUT2D eigenvalue weighted by atomic mass is 19.4. The van der Waals surface area contributed by atoms with Gasteiger partial charge in [0.15, 0.2) is 5.69 Å². The molecule has 7 nitrogen and oxygen atoms in total. The van der Waals surface area contributed by atoms with E-state index in [1.807, 2.05) is 6.07 Å². The average Bonchev–Trinajstić information content (AvgIpc) is 3.34. The Balaban J connectivity index is 1.74. The van der Waals surface area contributed by atoms with Crippen molar-refractivity contribution < 1.29 is 13.2 Å². The SMILES string of the molecule is N#Cc1cc2n(n1)CC(n1c(C(F)(F)F)nc3cnc4[nH]ccc4c31)CC2. The fourth-order valence-electron chi connectivity index (χ4n) is 3.83. The van der Waals surface area contributed by atoms with Crippen LogP contribution in [0.1, 0.15) is 29.7 Å². The van der Waals surface area contributed by atoms with Crippen molar-refractivity contribution >= 4 is 22.1 Å². The number of nitriles is 1. The molecule has 0 fully saturated rings. The highest BCUT2D eigenvalue weighted by Gasteiger charge is 2.40. The normalized spacial score (nSPS) is 17.3. The molecular formula is C17H12F3N7. The van der Waals surface area contributed by atoms with Gasteiger partial charge in [0.25, 0.3) is 0 Å². The summed E-state index contributed by atoms with van der Waals surface area (Å²) in [6.45, 7) is 0.250. The quantitative estimate of drug-likeness (QED) is 0.557. The standard InChI is InChI=1S/C17H12F3N7/c18-17(19,20)16-24-13-7-23-15-12(3-4-22-15)14(13)27(16)11-2-1-10-5-9(6-21)25-26(10)8-11/h3-5,7,11H,1-2,8H2,(H,22,23). The number of alkyl halides is 3. The zero-order valence-electron chi connectivity index (χ0n) is 13.8. The molecular weight excluding hydrogens is 359 g/mol. The summed E-state index contributed by atoms with van der Waals surface area (Å²) in [6, 6.07) is 4.88. The van der Waals surface area contributed by atoms with Crippen molar-refractivity contribution in [2.24, 2.45) is 0 Å². The van der Waals surface area contributed by atoms with Crippen LogP contribution >= 0.6 is 0 Å². The number of aryl methyl sites for hydroxylation is 1. The summed E-state index contributed by atoms with van der Waals surface area (Å²) in [5.74, 6) is -0.936. The molecule has 136 valence electrons. The van der Waals surface area contributed by atoms with Gasteiger partial charge in [0.1, 0.15) is 17.2 Å². The van der Waals surface area contributed by atoms with Crippen molar-refractivity contribution in [3.63, 3.8) is 0 Å². The Morgan fingerprint density at radius 2 is 2.19 bits per heavy atom. The van der Waals surface area contributed by atoms with Crippen LogP contribution < -0.4 is 0 Å². The lowest BCUT2D eigenvalue weighted by molar-refractivity contribution is -0.147. The smallest absolute Gasteiger partial charge is 0.346 e. The summed E-state index contributed by atoms with van der Waals surface area (Å²) in [5, 5.41) is 13.8. The van der Waals surface area contributed by atoms with Gasteiger partial charge in [-0.2, -0.15) is 23.5 Å². The molecule has 1 unspecified atom stereocenters. The summed E-state index contributed by atoms with van der Waals surface area (Å²) in [4.78, 5) is 10.9. The predicted molar refractivity (Wildman–Crippen MR) is 88.7 cm³/mol. The van der Waals surface area contributed by atoms with E-state index in [0.717, 1.165) is 5.69 Å². The predicted octanol–water partition coefficient (Wildman–Crippen LogP) is 3.19. The molecule has 27 heavy (non-hydrogen) atoms. The number of aromatic nitrogens is 6. The van der Waals surface area contributed by atoms with Crippen LogP contribution in [0.25, 0.3) is 22.1 Å². The zero-order chi connectivity index (χ0) is 18.8. The largest absolute Gasteiger partial charge is 0.449 e. The Morgan fingerprint density at radius 3 is 2.96 bits per heavy atom. The van der Waals surface area contributed by atoms with Crippen molar-refractivity contribution in [2.75, 3.05) is 0 Å². The van der Waals surface area contributed by atoms with E-state index < -0.39 is 18.0 Å². The van der Waals surface area contributed by atoms with Gasteiger partial charge in [0.05, 0.1) is 24.3 Å². The van der Waals surface area contributed by atoms with Crippen molar-refractivity contribution in [3.8, 4) is 6.07 Å². The molecule has 1 aliphatic rings. The van der Waals surface area contributed by atoms with Crippen molar-refractivity contribution in [1.82, 2.24) is 29.3 Å². The molecule has 10 heteroatoms. The Bertz CT molecular complexity index is 1220. The first-order valence-corrected chi connectivity index (χ1v) is 8.34. The van der Waals surface area contributed by atoms with Crippen LogP contribution in [0.5, 0.6) is 0 Å². The maximum atomic E-state index is 13.7. The number of pyridine rings is 1. The molecule has 0 aromatic carbocycles. The van der Waals surface area contributed by atoms with Gasteiger partial charge in [-0.05, 0) is 25.0 Å². The molecule has 4 aromatic heterocycles. The number of nitrogens with zero attached hydrogens (tertiary/aromatic N) is 6. The molecule has 0 aliphatic carbocycles. The lowest BCUT2D eigenvalue weighted by atomic mass is 10.0. The van der Waals surface area contributed by atoms with Gasteiger partial charge in [-0.1, -0.05) is 0 Å². The third-order valence-corrected chi connectivity index (χ3v) is 4.95. The zero-order valence-corrected chi connectivity index (χ0v) is 13.8. The molecule has 5 heterocycles. The molecule has 4 aromatic rings. The van der Waals surface area contributed by atoms with E-state index >= 15 is 0 Å². The topological polar surface area (TPSA) is 88.1 Å². The van der Waals surface area contributed by atoms with Gasteiger partial charge in [0, 0.05) is 17.3 Å². The van der Waals surface area contributed by atoms with E-state index in [1.54, 1.807) is 23.0 Å². The van der Waals surface area contributed by atoms with Crippen LogP contribution in [0.3, 0.4) is 0 Å². The molecule has 0 saturated carbocycles. The third kappa shape index (κ3) is 2.31. The maximum absolute atomic E-state index is 13.7. The minimum Gasteiger partial charge on any atom is -0.346 e. The maximum Gasteiger partial charge on any atom is 0.449 e. The van der Waals surface area contributed by atoms with Gasteiger partial charge in [-0.15, -0.1) is 0 Å². The summed E-state index contributed by atoms with van der Waals surface area (Å²) in [5.41, 5.74) is 2.26. The minimum absolute atomic E-state index is 0.207. The van der Waals surface area contributed by atoms with Crippen LogP contribution in [0.4, 0.5) is 13.2 Å². The second-order valence-electron chi connectivity index (χ2n) is 6.54. The van der Waals surface area contributed by atoms with Crippen molar-refractivity contribution in [3.05, 3.63) is 41.7 Å².